The van der Waals surface area contributed by atoms with Crippen molar-refractivity contribution in [3.8, 4) is 0 Å². The van der Waals surface area contributed by atoms with Crippen LogP contribution in [0.15, 0.2) is 42.5 Å². The third-order valence-corrected chi connectivity index (χ3v) is 4.11. The molecule has 0 aliphatic heterocycles. The molecule has 27 heavy (non-hydrogen) atoms. The molecule has 0 saturated heterocycles. The van der Waals surface area contributed by atoms with Gasteiger partial charge in [-0.15, -0.1) is 5.10 Å². The molecule has 3 rings (SSSR count). The number of rotatable bonds is 6. The molecule has 0 spiro atoms. The average Bonchev–Trinajstić information content (AvgIpc) is 3.08. The number of nitrogens with zero attached hydrogens (tertiary/aromatic N) is 4. The minimum atomic E-state index is -0.615. The van der Waals surface area contributed by atoms with Crippen LogP contribution in [0, 0.1) is 5.82 Å². The van der Waals surface area contributed by atoms with Crippen LogP contribution in [0.3, 0.4) is 0 Å². The molecule has 2 aromatic carbocycles. The summed E-state index contributed by atoms with van der Waals surface area (Å²) in [7, 11) is 1.57. The van der Waals surface area contributed by atoms with Gasteiger partial charge in [-0.1, -0.05) is 17.3 Å². The second-order valence-corrected chi connectivity index (χ2v) is 6.06. The quantitative estimate of drug-likeness (QED) is 0.623. The van der Waals surface area contributed by atoms with Crippen LogP contribution in [0.4, 0.5) is 4.39 Å². The highest BCUT2D eigenvalue weighted by Gasteiger charge is 2.15. The average molecular weight is 370 g/mol. The lowest BCUT2D eigenvalue weighted by atomic mass is 10.2. The Morgan fingerprint density at radius 2 is 2.04 bits per heavy atom. The zero-order valence-electron chi connectivity index (χ0n) is 15.1. The zero-order valence-corrected chi connectivity index (χ0v) is 15.1. The maximum Gasteiger partial charge on any atom is 0.338 e. The van der Waals surface area contributed by atoms with E-state index in [-0.39, 0.29) is 18.3 Å². The monoisotopic (exact) mass is 370 g/mol. The molecule has 8 heteroatoms. The summed E-state index contributed by atoms with van der Waals surface area (Å²) >= 11 is 0. The van der Waals surface area contributed by atoms with Crippen LogP contribution >= 0.6 is 0 Å². The summed E-state index contributed by atoms with van der Waals surface area (Å²) in [5.74, 6) is -1.36. The van der Waals surface area contributed by atoms with Crippen molar-refractivity contribution in [2.45, 2.75) is 20.0 Å². The molecule has 0 unspecified atom stereocenters. The first-order chi connectivity index (χ1) is 13.0. The maximum atomic E-state index is 13.2. The second kappa shape index (κ2) is 7.94. The summed E-state index contributed by atoms with van der Waals surface area (Å²) < 4.78 is 20.0. The second-order valence-electron chi connectivity index (χ2n) is 6.06. The molecular formula is C19H19FN4O3. The highest BCUT2D eigenvalue weighted by Crippen LogP contribution is 2.14. The van der Waals surface area contributed by atoms with Gasteiger partial charge in [0.1, 0.15) is 11.3 Å². The van der Waals surface area contributed by atoms with Crippen LogP contribution < -0.4 is 0 Å². The Labute approximate surface area is 155 Å². The van der Waals surface area contributed by atoms with Crippen molar-refractivity contribution in [3.05, 3.63) is 59.4 Å². The molecule has 1 aromatic heterocycles. The number of hydrogen-bond donors (Lipinski definition) is 0. The van der Waals surface area contributed by atoms with Crippen molar-refractivity contribution in [1.29, 1.82) is 0 Å². The number of amides is 1. The lowest BCUT2D eigenvalue weighted by molar-refractivity contribution is -0.133. The van der Waals surface area contributed by atoms with E-state index in [1.165, 1.54) is 17.0 Å². The van der Waals surface area contributed by atoms with Gasteiger partial charge in [0, 0.05) is 20.1 Å². The highest BCUT2D eigenvalue weighted by molar-refractivity contribution is 5.94. The number of halogens is 1. The van der Waals surface area contributed by atoms with E-state index in [0.29, 0.717) is 23.2 Å². The van der Waals surface area contributed by atoms with E-state index in [4.69, 9.17) is 4.74 Å². The van der Waals surface area contributed by atoms with Crippen LogP contribution in [-0.4, -0.2) is 45.4 Å². The number of ether oxygens (including phenoxy) is 1. The van der Waals surface area contributed by atoms with Crippen molar-refractivity contribution < 1.29 is 18.7 Å². The molecule has 0 bridgehead atoms. The summed E-state index contributed by atoms with van der Waals surface area (Å²) in [6.07, 6.45) is 0. The zero-order chi connectivity index (χ0) is 19.4. The number of likely N-dealkylation sites (N-methyl/N-ethyl adjacent to an activating group) is 1. The lowest BCUT2D eigenvalue weighted by Crippen LogP contribution is -2.30. The highest BCUT2D eigenvalue weighted by atomic mass is 19.1. The van der Waals surface area contributed by atoms with Crippen molar-refractivity contribution in [2.75, 3.05) is 13.7 Å². The predicted octanol–water partition coefficient (Wildman–Crippen LogP) is 2.41. The Morgan fingerprint density at radius 3 is 2.78 bits per heavy atom. The number of carbonyl (C=O) groups excluding carboxylic acids is 2. The van der Waals surface area contributed by atoms with Crippen LogP contribution in [-0.2, 0) is 22.6 Å². The SMILES string of the molecule is CCn1nnc2cc(C(=O)OCC(=O)N(C)Cc3cccc(F)c3)ccc21. The van der Waals surface area contributed by atoms with Crippen LogP contribution in [0.25, 0.3) is 11.0 Å². The van der Waals surface area contributed by atoms with E-state index in [1.54, 1.807) is 42.1 Å². The van der Waals surface area contributed by atoms with E-state index in [0.717, 1.165) is 5.52 Å². The van der Waals surface area contributed by atoms with Gasteiger partial charge in [-0.3, -0.25) is 4.79 Å². The molecule has 0 N–H and O–H groups in total. The summed E-state index contributed by atoms with van der Waals surface area (Å²) in [5, 5.41) is 7.99. The standard InChI is InChI=1S/C19H19FN4O3/c1-3-24-17-8-7-14(10-16(17)21-22-24)19(26)27-12-18(25)23(2)11-13-5-4-6-15(20)9-13/h4-10H,3,11-12H2,1-2H3. The molecule has 0 radical (unpaired) electrons. The number of carbonyl (C=O) groups is 2. The van der Waals surface area contributed by atoms with Crippen molar-refractivity contribution in [3.63, 3.8) is 0 Å². The van der Waals surface area contributed by atoms with Gasteiger partial charge in [0.25, 0.3) is 5.91 Å². The third-order valence-electron chi connectivity index (χ3n) is 4.11. The predicted molar refractivity (Wildman–Crippen MR) is 96.4 cm³/mol. The van der Waals surface area contributed by atoms with Gasteiger partial charge in [0.05, 0.1) is 11.1 Å². The van der Waals surface area contributed by atoms with Crippen molar-refractivity contribution >= 4 is 22.9 Å². The van der Waals surface area contributed by atoms with E-state index >= 15 is 0 Å². The van der Waals surface area contributed by atoms with Gasteiger partial charge in [-0.2, -0.15) is 0 Å². The fourth-order valence-corrected chi connectivity index (χ4v) is 2.65. The molecule has 7 nitrogen and oxygen atoms in total. The molecular weight excluding hydrogens is 351 g/mol. The van der Waals surface area contributed by atoms with Gasteiger partial charge in [-0.25, -0.2) is 13.9 Å². The fourth-order valence-electron chi connectivity index (χ4n) is 2.65. The van der Waals surface area contributed by atoms with Gasteiger partial charge >= 0.3 is 5.97 Å². The maximum absolute atomic E-state index is 13.2. The fraction of sp³-hybridized carbons (Fsp3) is 0.263. The smallest absolute Gasteiger partial charge is 0.338 e. The molecule has 3 aromatic rings. The molecule has 0 aliphatic rings. The molecule has 0 atom stereocenters. The van der Waals surface area contributed by atoms with Crippen LogP contribution in [0.2, 0.25) is 0 Å². The van der Waals surface area contributed by atoms with Gasteiger partial charge < -0.3 is 9.64 Å². The third kappa shape index (κ3) is 4.28. The Balaban J connectivity index is 1.58. The number of fused-ring (bicyclic) bond motifs is 1. The lowest BCUT2D eigenvalue weighted by Gasteiger charge is -2.17. The number of esters is 1. The van der Waals surface area contributed by atoms with Gasteiger partial charge in [-0.05, 0) is 42.8 Å². The van der Waals surface area contributed by atoms with Crippen LogP contribution in [0.1, 0.15) is 22.8 Å². The minimum absolute atomic E-state index is 0.222. The minimum Gasteiger partial charge on any atom is -0.452 e. The molecule has 0 saturated carbocycles. The largest absolute Gasteiger partial charge is 0.452 e. The van der Waals surface area contributed by atoms with Crippen LogP contribution in [0.5, 0.6) is 0 Å². The van der Waals surface area contributed by atoms with Gasteiger partial charge in [0.15, 0.2) is 6.61 Å². The number of aryl methyl sites for hydroxylation is 1. The number of aromatic nitrogens is 3. The first-order valence-electron chi connectivity index (χ1n) is 8.46. The summed E-state index contributed by atoms with van der Waals surface area (Å²) in [5.41, 5.74) is 2.36. The van der Waals surface area contributed by atoms with E-state index in [9.17, 15) is 14.0 Å². The Morgan fingerprint density at radius 1 is 1.22 bits per heavy atom. The molecule has 140 valence electrons. The van der Waals surface area contributed by atoms with E-state index < -0.39 is 12.6 Å². The molecule has 0 fully saturated rings. The van der Waals surface area contributed by atoms with Crippen molar-refractivity contribution in [2.24, 2.45) is 0 Å². The van der Waals surface area contributed by atoms with E-state index in [2.05, 4.69) is 10.3 Å². The first kappa shape index (κ1) is 18.5. The molecule has 1 heterocycles. The van der Waals surface area contributed by atoms with Crippen molar-refractivity contribution in [1.82, 2.24) is 19.9 Å². The summed E-state index contributed by atoms with van der Waals surface area (Å²) in [4.78, 5) is 25.7. The first-order valence-corrected chi connectivity index (χ1v) is 8.46. The van der Waals surface area contributed by atoms with E-state index in [1.807, 2.05) is 6.92 Å². The normalized spacial score (nSPS) is 10.8. The summed E-state index contributed by atoms with van der Waals surface area (Å²) in [6.45, 7) is 2.44. The Bertz CT molecular complexity index is 986. The number of hydrogen-bond acceptors (Lipinski definition) is 5. The summed E-state index contributed by atoms with van der Waals surface area (Å²) in [6, 6.07) is 10.9. The van der Waals surface area contributed by atoms with Gasteiger partial charge in [0.2, 0.25) is 0 Å². The Kier molecular flexibility index (Phi) is 5.44. The Hall–Kier alpha value is -3.29. The molecule has 1 amide bonds. The number of benzene rings is 2. The topological polar surface area (TPSA) is 77.3 Å². The molecule has 0 aliphatic carbocycles.